The summed E-state index contributed by atoms with van der Waals surface area (Å²) >= 11 is 0. The van der Waals surface area contributed by atoms with Crippen LogP contribution in [0.2, 0.25) is 0 Å². The van der Waals surface area contributed by atoms with Crippen LogP contribution in [0.4, 0.5) is 0 Å². The number of hydrogen-bond donors (Lipinski definition) is 2. The van der Waals surface area contributed by atoms with Crippen LogP contribution in [0.15, 0.2) is 54.1 Å². The third-order valence-electron chi connectivity index (χ3n) is 6.33. The number of hydrogen-bond acceptors (Lipinski definition) is 6. The second kappa shape index (κ2) is 13.3. The number of rotatable bonds is 13. The minimum Gasteiger partial charge on any atom is -0.508 e. The van der Waals surface area contributed by atoms with Crippen LogP contribution in [0.5, 0.6) is 17.2 Å². The van der Waals surface area contributed by atoms with E-state index in [9.17, 15) is 15.0 Å². The highest BCUT2D eigenvalue weighted by Gasteiger charge is 2.30. The third-order valence-corrected chi connectivity index (χ3v) is 6.33. The summed E-state index contributed by atoms with van der Waals surface area (Å²) in [5.74, 6) is 0.176. The second-order valence-electron chi connectivity index (χ2n) is 9.47. The molecule has 0 saturated carbocycles. The van der Waals surface area contributed by atoms with Gasteiger partial charge in [-0.3, -0.25) is 4.79 Å². The minimum atomic E-state index is -0.390. The normalized spacial score (nSPS) is 14.1. The van der Waals surface area contributed by atoms with Gasteiger partial charge < -0.3 is 24.4 Å². The molecular formula is C30H40O6. The lowest BCUT2D eigenvalue weighted by Crippen LogP contribution is -2.40. The Kier molecular flexibility index (Phi) is 10.8. The molecule has 6 heteroatoms. The standard InChI is InChI=1S/C30H40O6/c1-8-36-30(4,5)27(34-6)18-9-20(2)19-21(3)28-26(33)17-15-24(29(28)35-7)25(32)16-12-22-10-13-23(31)14-11-22/h10-17,19,21,27,31,33H,8-9,18H2,1-7H3/b16-12+,20-19+/t21-,27?/m0/s1. The van der Waals surface area contributed by atoms with Crippen molar-refractivity contribution in [3.05, 3.63) is 70.8 Å². The van der Waals surface area contributed by atoms with Crippen molar-refractivity contribution < 1.29 is 29.2 Å². The molecule has 36 heavy (non-hydrogen) atoms. The molecule has 0 spiro atoms. The molecule has 6 nitrogen and oxygen atoms in total. The lowest BCUT2D eigenvalue weighted by atomic mass is 9.91. The SMILES string of the molecule is CCOC(C)(C)C(CC/C(C)=C/[C@H](C)c1c(O)ccc(C(=O)/C=C/c2ccc(O)cc2)c1OC)OC. The monoisotopic (exact) mass is 496 g/mol. The number of methoxy groups -OCH3 is 2. The lowest BCUT2D eigenvalue weighted by Gasteiger charge is -2.33. The van der Waals surface area contributed by atoms with Crippen molar-refractivity contribution in [2.24, 2.45) is 0 Å². The van der Waals surface area contributed by atoms with Crippen LogP contribution in [-0.4, -0.2) is 48.5 Å². The molecule has 0 heterocycles. The van der Waals surface area contributed by atoms with Crippen molar-refractivity contribution in [1.82, 2.24) is 0 Å². The van der Waals surface area contributed by atoms with Crippen LogP contribution >= 0.6 is 0 Å². The largest absolute Gasteiger partial charge is 0.508 e. The van der Waals surface area contributed by atoms with E-state index < -0.39 is 0 Å². The summed E-state index contributed by atoms with van der Waals surface area (Å²) in [6.45, 7) is 10.7. The predicted molar refractivity (Wildman–Crippen MR) is 144 cm³/mol. The molecule has 2 aromatic carbocycles. The van der Waals surface area contributed by atoms with Crippen LogP contribution < -0.4 is 4.74 Å². The van der Waals surface area contributed by atoms with Crippen molar-refractivity contribution in [1.29, 1.82) is 0 Å². The van der Waals surface area contributed by atoms with Crippen LogP contribution in [0.1, 0.15) is 74.9 Å². The molecule has 0 aromatic heterocycles. The molecule has 1 unspecified atom stereocenters. The molecular weight excluding hydrogens is 456 g/mol. The van der Waals surface area contributed by atoms with Gasteiger partial charge in [-0.15, -0.1) is 0 Å². The molecule has 0 radical (unpaired) electrons. The Bertz CT molecular complexity index is 1070. The molecule has 2 aromatic rings. The Morgan fingerprint density at radius 1 is 1.08 bits per heavy atom. The molecule has 2 N–H and O–H groups in total. The summed E-state index contributed by atoms with van der Waals surface area (Å²) in [6, 6.07) is 9.67. The Balaban J connectivity index is 2.25. The second-order valence-corrected chi connectivity index (χ2v) is 9.47. The summed E-state index contributed by atoms with van der Waals surface area (Å²) in [4.78, 5) is 13.0. The van der Waals surface area contributed by atoms with Gasteiger partial charge >= 0.3 is 0 Å². The highest BCUT2D eigenvalue weighted by molar-refractivity contribution is 6.09. The number of ether oxygens (including phenoxy) is 3. The van der Waals surface area contributed by atoms with Crippen molar-refractivity contribution >= 4 is 11.9 Å². The zero-order chi connectivity index (χ0) is 26.9. The molecule has 0 amide bonds. The van der Waals surface area contributed by atoms with E-state index in [1.165, 1.54) is 19.3 Å². The van der Waals surface area contributed by atoms with Gasteiger partial charge in [0.1, 0.15) is 17.2 Å². The molecule has 196 valence electrons. The average Bonchev–Trinajstić information content (AvgIpc) is 2.83. The van der Waals surface area contributed by atoms with E-state index in [1.807, 2.05) is 27.7 Å². The van der Waals surface area contributed by atoms with Gasteiger partial charge in [0.2, 0.25) is 0 Å². The van der Waals surface area contributed by atoms with Gasteiger partial charge in [0, 0.05) is 25.2 Å². The number of carbonyl (C=O) groups excluding carboxylic acids is 1. The Hall–Kier alpha value is -3.09. The maximum absolute atomic E-state index is 13.0. The minimum absolute atomic E-state index is 0.0552. The van der Waals surface area contributed by atoms with E-state index in [1.54, 1.807) is 43.5 Å². The maximum atomic E-state index is 13.0. The number of aromatic hydroxyl groups is 2. The maximum Gasteiger partial charge on any atom is 0.189 e. The molecule has 0 bridgehead atoms. The highest BCUT2D eigenvalue weighted by atomic mass is 16.5. The number of carbonyl (C=O) groups is 1. The van der Waals surface area contributed by atoms with Crippen LogP contribution in [0.25, 0.3) is 6.08 Å². The van der Waals surface area contributed by atoms with Crippen molar-refractivity contribution in [3.8, 4) is 17.2 Å². The summed E-state index contributed by atoms with van der Waals surface area (Å²) in [7, 11) is 3.20. The van der Waals surface area contributed by atoms with Gasteiger partial charge in [-0.2, -0.15) is 0 Å². The predicted octanol–water partition coefficient (Wildman–Crippen LogP) is 6.66. The highest BCUT2D eigenvalue weighted by Crippen LogP contribution is 2.39. The summed E-state index contributed by atoms with van der Waals surface area (Å²) in [5.41, 5.74) is 2.48. The first-order valence-electron chi connectivity index (χ1n) is 12.3. The van der Waals surface area contributed by atoms with E-state index in [-0.39, 0.29) is 34.9 Å². The number of phenolic OH excluding ortho intramolecular Hbond substituents is 2. The zero-order valence-corrected chi connectivity index (χ0v) is 22.5. The number of benzene rings is 2. The Labute approximate surface area is 215 Å². The van der Waals surface area contributed by atoms with Gasteiger partial charge in [-0.25, -0.2) is 0 Å². The van der Waals surface area contributed by atoms with Crippen LogP contribution in [0, 0.1) is 0 Å². The first-order valence-corrected chi connectivity index (χ1v) is 12.3. The van der Waals surface area contributed by atoms with Gasteiger partial charge in [0.25, 0.3) is 0 Å². The third kappa shape index (κ3) is 7.70. The smallest absolute Gasteiger partial charge is 0.189 e. The summed E-state index contributed by atoms with van der Waals surface area (Å²) < 4.78 is 17.2. The lowest BCUT2D eigenvalue weighted by molar-refractivity contribution is -0.113. The van der Waals surface area contributed by atoms with Crippen molar-refractivity contribution in [3.63, 3.8) is 0 Å². The molecule has 0 aliphatic carbocycles. The van der Waals surface area contributed by atoms with E-state index in [0.29, 0.717) is 23.5 Å². The van der Waals surface area contributed by atoms with Crippen LogP contribution in [0.3, 0.4) is 0 Å². The first-order chi connectivity index (χ1) is 17.0. The van der Waals surface area contributed by atoms with Gasteiger partial charge in [-0.05, 0) is 76.4 Å². The number of allylic oxidation sites excluding steroid dienone is 3. The fourth-order valence-electron chi connectivity index (χ4n) is 4.46. The Morgan fingerprint density at radius 3 is 2.33 bits per heavy atom. The molecule has 0 fully saturated rings. The Morgan fingerprint density at radius 2 is 1.75 bits per heavy atom. The first kappa shape index (κ1) is 29.1. The van der Waals surface area contributed by atoms with Crippen LogP contribution in [-0.2, 0) is 9.47 Å². The van der Waals surface area contributed by atoms with E-state index in [0.717, 1.165) is 24.0 Å². The van der Waals surface area contributed by atoms with E-state index in [4.69, 9.17) is 14.2 Å². The summed E-state index contributed by atoms with van der Waals surface area (Å²) in [5, 5.41) is 20.1. The summed E-state index contributed by atoms with van der Waals surface area (Å²) in [6.07, 6.45) is 6.76. The molecule has 2 rings (SSSR count). The number of phenols is 2. The fourth-order valence-corrected chi connectivity index (χ4v) is 4.46. The van der Waals surface area contributed by atoms with Crippen molar-refractivity contribution in [2.45, 2.75) is 65.1 Å². The topological polar surface area (TPSA) is 85.2 Å². The molecule has 2 atom stereocenters. The van der Waals surface area contributed by atoms with Gasteiger partial charge in [0.05, 0.1) is 24.4 Å². The molecule has 0 aliphatic rings. The zero-order valence-electron chi connectivity index (χ0n) is 22.5. The van der Waals surface area contributed by atoms with Gasteiger partial charge in [0.15, 0.2) is 5.78 Å². The fraction of sp³-hybridized carbons (Fsp3) is 0.433. The van der Waals surface area contributed by atoms with Gasteiger partial charge in [-0.1, -0.05) is 36.8 Å². The molecule has 0 saturated heterocycles. The quantitative estimate of drug-likeness (QED) is 0.183. The molecule has 0 aliphatic heterocycles. The van der Waals surface area contributed by atoms with E-state index in [2.05, 4.69) is 13.0 Å². The average molecular weight is 497 g/mol. The number of ketones is 1. The van der Waals surface area contributed by atoms with E-state index >= 15 is 0 Å². The van der Waals surface area contributed by atoms with Crippen molar-refractivity contribution in [2.75, 3.05) is 20.8 Å².